The molecule has 0 bridgehead atoms. The number of hydrogen-bond donors (Lipinski definition) is 0. The summed E-state index contributed by atoms with van der Waals surface area (Å²) in [5.74, 6) is 0.944. The van der Waals surface area contributed by atoms with Crippen molar-refractivity contribution in [1.29, 1.82) is 0 Å². The second-order valence-corrected chi connectivity index (χ2v) is 5.33. The largest absolute Gasteiger partial charge is 0.491 e. The van der Waals surface area contributed by atoms with E-state index in [4.69, 9.17) is 44.5 Å². The molecule has 1 atom stereocenters. The van der Waals surface area contributed by atoms with Gasteiger partial charge in [-0.05, 0) is 36.2 Å². The molecule has 100 valence electrons. The van der Waals surface area contributed by atoms with Crippen molar-refractivity contribution in [2.24, 2.45) is 0 Å². The van der Waals surface area contributed by atoms with E-state index < -0.39 is 0 Å². The maximum Gasteiger partial charge on any atom is 0.181 e. The molecule has 1 aromatic rings. The number of fused-ring (bicyclic) bond motifs is 1. The second-order valence-electron chi connectivity index (χ2n) is 4.14. The summed E-state index contributed by atoms with van der Waals surface area (Å²) in [6.07, 6.45) is 0.738. The van der Waals surface area contributed by atoms with Crippen LogP contribution in [0.4, 0.5) is 0 Å². The predicted octanol–water partition coefficient (Wildman–Crippen LogP) is 4.08. The van der Waals surface area contributed by atoms with Crippen LogP contribution in [0.1, 0.15) is 24.1 Å². The number of rotatable bonds is 2. The topological polar surface area (TPSA) is 21.7 Å². The van der Waals surface area contributed by atoms with Gasteiger partial charge in [-0.15, -0.1) is 0 Å². The predicted molar refractivity (Wildman–Crippen MR) is 74.2 cm³/mol. The molecule has 1 heterocycles. The van der Waals surface area contributed by atoms with Gasteiger partial charge in [0.25, 0.3) is 0 Å². The molecule has 0 aliphatic carbocycles. The number of halogens is 3. The molecule has 1 aliphatic heterocycles. The summed E-state index contributed by atoms with van der Waals surface area (Å²) in [6, 6.07) is -0.0137. The smallest absolute Gasteiger partial charge is 0.181 e. The van der Waals surface area contributed by atoms with E-state index in [9.17, 15) is 0 Å². The molecule has 1 aromatic carbocycles. The van der Waals surface area contributed by atoms with Gasteiger partial charge in [-0.2, -0.15) is 0 Å². The van der Waals surface area contributed by atoms with Gasteiger partial charge in [0.1, 0.15) is 0 Å². The number of methoxy groups -OCH3 is 2. The van der Waals surface area contributed by atoms with Crippen molar-refractivity contribution in [3.8, 4) is 11.5 Å². The molecule has 6 heteroatoms. The summed E-state index contributed by atoms with van der Waals surface area (Å²) in [5.41, 5.74) is 1.91. The molecule has 0 fully saturated rings. The van der Waals surface area contributed by atoms with E-state index >= 15 is 0 Å². The van der Waals surface area contributed by atoms with E-state index in [1.165, 1.54) is 0 Å². The van der Waals surface area contributed by atoms with Gasteiger partial charge in [0.05, 0.1) is 24.3 Å². The fraction of sp³-hybridized carbons (Fsp3) is 0.500. The minimum absolute atomic E-state index is 0.0137. The average Bonchev–Trinajstić information content (AvgIpc) is 2.36. The van der Waals surface area contributed by atoms with Crippen LogP contribution in [-0.4, -0.2) is 25.2 Å². The zero-order valence-corrected chi connectivity index (χ0v) is 12.7. The quantitative estimate of drug-likeness (QED) is 0.768. The number of ether oxygens (including phenoxy) is 2. The van der Waals surface area contributed by atoms with Crippen molar-refractivity contribution >= 4 is 35.0 Å². The third-order valence-electron chi connectivity index (χ3n) is 3.25. The van der Waals surface area contributed by atoms with Crippen LogP contribution < -0.4 is 9.47 Å². The second kappa shape index (κ2) is 5.33. The first-order valence-electron chi connectivity index (χ1n) is 5.57. The summed E-state index contributed by atoms with van der Waals surface area (Å²) in [5, 5.41) is 1.08. The molecule has 0 saturated heterocycles. The normalized spacial score (nSPS) is 19.6. The lowest BCUT2D eigenvalue weighted by Gasteiger charge is -2.32. The Labute approximate surface area is 122 Å². The van der Waals surface area contributed by atoms with Crippen LogP contribution in [0.15, 0.2) is 0 Å². The van der Waals surface area contributed by atoms with Gasteiger partial charge in [0.15, 0.2) is 11.5 Å². The first-order valence-corrected chi connectivity index (χ1v) is 6.66. The molecular formula is C12H14Cl3NO2. The van der Waals surface area contributed by atoms with Gasteiger partial charge in [0, 0.05) is 12.6 Å². The first-order chi connectivity index (χ1) is 8.52. The Morgan fingerprint density at radius 1 is 1.11 bits per heavy atom. The summed E-state index contributed by atoms with van der Waals surface area (Å²) < 4.78 is 12.3. The Morgan fingerprint density at radius 3 is 2.22 bits per heavy atom. The number of nitrogens with zero attached hydrogens (tertiary/aromatic N) is 1. The Balaban J connectivity index is 2.72. The fourth-order valence-corrected chi connectivity index (χ4v) is 3.28. The van der Waals surface area contributed by atoms with Crippen LogP contribution in [0.3, 0.4) is 0 Å². The summed E-state index contributed by atoms with van der Waals surface area (Å²) >= 11 is 18.9. The molecule has 1 unspecified atom stereocenters. The minimum atomic E-state index is -0.0137. The van der Waals surface area contributed by atoms with Gasteiger partial charge in [-0.3, -0.25) is 0 Å². The Morgan fingerprint density at radius 2 is 1.67 bits per heavy atom. The van der Waals surface area contributed by atoms with Crippen molar-refractivity contribution in [2.75, 3.05) is 20.8 Å². The van der Waals surface area contributed by atoms with Gasteiger partial charge < -0.3 is 9.47 Å². The Hall–Kier alpha value is -0.350. The van der Waals surface area contributed by atoms with Crippen molar-refractivity contribution in [3.63, 3.8) is 0 Å². The van der Waals surface area contributed by atoms with Crippen LogP contribution in [-0.2, 0) is 6.42 Å². The SMILES string of the molecule is COc1c(Cl)c2c(c(Cl)c1OC)C(C)N(Cl)CC2. The van der Waals surface area contributed by atoms with Gasteiger partial charge in [-0.25, -0.2) is 4.42 Å². The first kappa shape index (κ1) is 14.1. The number of benzene rings is 1. The van der Waals surface area contributed by atoms with Crippen LogP contribution in [0.2, 0.25) is 10.0 Å². The molecule has 0 spiro atoms. The molecular weight excluding hydrogens is 296 g/mol. The zero-order chi connectivity index (χ0) is 13.4. The highest BCUT2D eigenvalue weighted by molar-refractivity contribution is 6.37. The maximum atomic E-state index is 6.39. The molecule has 18 heavy (non-hydrogen) atoms. The van der Waals surface area contributed by atoms with Crippen LogP contribution in [0, 0.1) is 0 Å². The van der Waals surface area contributed by atoms with Gasteiger partial charge in [0.2, 0.25) is 0 Å². The fourth-order valence-electron chi connectivity index (χ4n) is 2.31. The maximum absolute atomic E-state index is 6.39. The minimum Gasteiger partial charge on any atom is -0.491 e. The van der Waals surface area contributed by atoms with E-state index in [0.29, 0.717) is 21.5 Å². The molecule has 2 rings (SSSR count). The van der Waals surface area contributed by atoms with Crippen molar-refractivity contribution in [1.82, 2.24) is 4.42 Å². The molecule has 0 aromatic heterocycles. The highest BCUT2D eigenvalue weighted by atomic mass is 35.5. The van der Waals surface area contributed by atoms with Crippen molar-refractivity contribution in [3.05, 3.63) is 21.2 Å². The summed E-state index contributed by atoms with van der Waals surface area (Å²) in [4.78, 5) is 0. The molecule has 1 aliphatic rings. The molecule has 0 radical (unpaired) electrons. The van der Waals surface area contributed by atoms with E-state index in [0.717, 1.165) is 24.1 Å². The zero-order valence-electron chi connectivity index (χ0n) is 10.4. The third-order valence-corrected chi connectivity index (χ3v) is 4.49. The lowest BCUT2D eigenvalue weighted by molar-refractivity contribution is 0.334. The summed E-state index contributed by atoms with van der Waals surface area (Å²) in [7, 11) is 3.09. The summed E-state index contributed by atoms with van der Waals surface area (Å²) in [6.45, 7) is 2.71. The third kappa shape index (κ3) is 2.03. The van der Waals surface area contributed by atoms with Gasteiger partial charge >= 0.3 is 0 Å². The van der Waals surface area contributed by atoms with Crippen molar-refractivity contribution < 1.29 is 9.47 Å². The van der Waals surface area contributed by atoms with Gasteiger partial charge in [-0.1, -0.05) is 23.2 Å². The lowest BCUT2D eigenvalue weighted by Crippen LogP contribution is -2.27. The standard InChI is InChI=1S/C12H14Cl3NO2/c1-6-8-7(4-5-16(6)15)9(13)11(17-2)12(18-3)10(8)14/h6H,4-5H2,1-3H3. The highest BCUT2D eigenvalue weighted by Crippen LogP contribution is 2.50. The van der Waals surface area contributed by atoms with E-state index in [-0.39, 0.29) is 6.04 Å². The monoisotopic (exact) mass is 309 g/mol. The van der Waals surface area contributed by atoms with E-state index in [2.05, 4.69) is 0 Å². The van der Waals surface area contributed by atoms with E-state index in [1.807, 2.05) is 6.92 Å². The highest BCUT2D eigenvalue weighted by Gasteiger charge is 2.31. The molecule has 3 nitrogen and oxygen atoms in total. The average molecular weight is 311 g/mol. The van der Waals surface area contributed by atoms with E-state index in [1.54, 1.807) is 18.6 Å². The van der Waals surface area contributed by atoms with Crippen LogP contribution in [0.5, 0.6) is 11.5 Å². The van der Waals surface area contributed by atoms with Crippen LogP contribution >= 0.6 is 35.0 Å². The van der Waals surface area contributed by atoms with Crippen molar-refractivity contribution in [2.45, 2.75) is 19.4 Å². The molecule has 0 saturated carbocycles. The Kier molecular flexibility index (Phi) is 4.17. The Bertz CT molecular complexity index is 479. The molecule has 0 amide bonds. The lowest BCUT2D eigenvalue weighted by atomic mass is 9.94. The molecule has 0 N–H and O–H groups in total. The number of hydrogen-bond acceptors (Lipinski definition) is 3. The van der Waals surface area contributed by atoms with Crippen LogP contribution in [0.25, 0.3) is 0 Å².